The number of carboxylic acid groups (broad SMARTS) is 3. The predicted octanol–water partition coefficient (Wildman–Crippen LogP) is -9.25. The summed E-state index contributed by atoms with van der Waals surface area (Å²) in [7, 11) is 0. The van der Waals surface area contributed by atoms with Gasteiger partial charge in [0.2, 0.25) is 0 Å². The van der Waals surface area contributed by atoms with Gasteiger partial charge < -0.3 is 35.0 Å². The number of nitrogens with zero attached hydrogens (tertiary/aromatic N) is 3. The molecule has 1 saturated heterocycles. The summed E-state index contributed by atoms with van der Waals surface area (Å²) in [5.41, 5.74) is 0. The zero-order valence-electron chi connectivity index (χ0n) is 14.9. The summed E-state index contributed by atoms with van der Waals surface area (Å²) in [5.74, 6) is -3.61. The second-order valence-electron chi connectivity index (χ2n) is 5.69. The molecule has 1 aliphatic rings. The van der Waals surface area contributed by atoms with Gasteiger partial charge in [0.15, 0.2) is 0 Å². The summed E-state index contributed by atoms with van der Waals surface area (Å²) >= 11 is 0. The third-order valence-electron chi connectivity index (χ3n) is 3.73. The van der Waals surface area contributed by atoms with Gasteiger partial charge >= 0.3 is 46.6 Å². The largest absolute Gasteiger partial charge is 2.00 e. The van der Waals surface area contributed by atoms with Gasteiger partial charge in [-0.25, -0.2) is 0 Å². The van der Waals surface area contributed by atoms with Gasteiger partial charge in [-0.3, -0.25) is 14.7 Å². The van der Waals surface area contributed by atoms with Crippen molar-refractivity contribution in [1.29, 1.82) is 0 Å². The Morgan fingerprint density at radius 1 is 0.654 bits per heavy atom. The van der Waals surface area contributed by atoms with Gasteiger partial charge in [0.05, 0.1) is 17.9 Å². The van der Waals surface area contributed by atoms with E-state index < -0.39 is 17.9 Å². The molecule has 0 aliphatic carbocycles. The number of carboxylic acids is 3. The van der Waals surface area contributed by atoms with Crippen molar-refractivity contribution in [2.45, 2.75) is 0 Å². The van der Waals surface area contributed by atoms with E-state index in [9.17, 15) is 29.7 Å². The van der Waals surface area contributed by atoms with Crippen LogP contribution in [-0.2, 0) is 31.5 Å². The third-order valence-corrected chi connectivity index (χ3v) is 3.73. The average Bonchev–Trinajstić information content (AvgIpc) is 2.45. The molecule has 1 aliphatic heterocycles. The number of carbonyl (C=O) groups excluding carboxylic acids is 3. The normalized spacial score (nSPS) is 18.5. The van der Waals surface area contributed by atoms with Crippen LogP contribution in [0, 0.1) is 0 Å². The summed E-state index contributed by atoms with van der Waals surface area (Å²) in [5, 5.41) is 35.6. The van der Waals surface area contributed by atoms with Crippen molar-refractivity contribution in [2.75, 3.05) is 72.0 Å². The zero-order chi connectivity index (χ0) is 17.9. The summed E-state index contributed by atoms with van der Waals surface area (Å²) in [6, 6.07) is 0. The van der Waals surface area contributed by atoms with Gasteiger partial charge in [-0.05, 0) is 0 Å². The fourth-order valence-electron chi connectivity index (χ4n) is 2.52. The molecule has 0 bridgehead atoms. The molecule has 1 radical (unpaired) electrons. The summed E-state index contributed by atoms with van der Waals surface area (Å²) in [6.07, 6.45) is 0. The molecule has 0 aromatic carbocycles. The quantitative estimate of drug-likeness (QED) is 0.411. The first-order valence-corrected chi connectivity index (χ1v) is 7.84. The van der Waals surface area contributed by atoms with E-state index in [0.717, 1.165) is 0 Å². The van der Waals surface area contributed by atoms with E-state index in [0.29, 0.717) is 52.4 Å². The van der Waals surface area contributed by atoms with E-state index in [4.69, 9.17) is 0 Å². The molecule has 1 rings (SSSR count). The van der Waals surface area contributed by atoms with Crippen LogP contribution in [-0.4, -0.2) is 105 Å². The van der Waals surface area contributed by atoms with Gasteiger partial charge in [0.1, 0.15) is 0 Å². The van der Waals surface area contributed by atoms with Crippen LogP contribution in [0.2, 0.25) is 0 Å². The minimum Gasteiger partial charge on any atom is -0.549 e. The molecule has 1 N–H and O–H groups in total. The Morgan fingerprint density at radius 3 is 1.19 bits per heavy atom. The number of nitrogens with one attached hydrogen (secondary N) is 1. The van der Waals surface area contributed by atoms with E-state index in [-0.39, 0.29) is 66.3 Å². The van der Waals surface area contributed by atoms with Crippen molar-refractivity contribution >= 4 is 17.9 Å². The molecule has 12 heteroatoms. The monoisotopic (exact) mass is 421 g/mol. The average molecular weight is 421 g/mol. The van der Waals surface area contributed by atoms with Crippen molar-refractivity contribution in [3.8, 4) is 0 Å². The van der Waals surface area contributed by atoms with Crippen LogP contribution in [0.3, 0.4) is 0 Å². The molecule has 0 unspecified atom stereocenters. The molecule has 0 aromatic heterocycles. The smallest absolute Gasteiger partial charge is 0.549 e. The first-order valence-electron chi connectivity index (χ1n) is 7.84. The summed E-state index contributed by atoms with van der Waals surface area (Å²) in [6.45, 7) is 2.65. The SMILES string of the molecule is O=C([O-])CN1CCNCCN(CC(=O)[O-])CCN(CC(=O)[O-])CC1.[Mn+2].[Na+]. The zero-order valence-corrected chi connectivity index (χ0v) is 18.1. The van der Waals surface area contributed by atoms with Crippen LogP contribution in [0.5, 0.6) is 0 Å². The Morgan fingerprint density at radius 2 is 0.923 bits per heavy atom. The molecule has 0 aromatic rings. The number of rotatable bonds is 6. The maximum atomic E-state index is 10.9. The number of carbonyl (C=O) groups is 3. The van der Waals surface area contributed by atoms with Crippen molar-refractivity contribution < 1.29 is 76.3 Å². The molecule has 10 nitrogen and oxygen atoms in total. The van der Waals surface area contributed by atoms with Crippen LogP contribution in [0.25, 0.3) is 0 Å². The predicted molar refractivity (Wildman–Crippen MR) is 77.2 cm³/mol. The van der Waals surface area contributed by atoms with E-state index in [1.807, 2.05) is 0 Å². The maximum Gasteiger partial charge on any atom is 2.00 e. The van der Waals surface area contributed by atoms with Gasteiger partial charge in [-0.1, -0.05) is 0 Å². The Bertz CT molecular complexity index is 416. The Labute approximate surface area is 185 Å². The first-order chi connectivity index (χ1) is 11.4. The Kier molecular flexibility index (Phi) is 17.0. The summed E-state index contributed by atoms with van der Waals surface area (Å²) in [4.78, 5) is 37.4. The second-order valence-corrected chi connectivity index (χ2v) is 5.69. The Hall–Kier alpha value is -0.231. The molecule has 26 heavy (non-hydrogen) atoms. The molecule has 0 atom stereocenters. The van der Waals surface area contributed by atoms with Crippen molar-refractivity contribution in [3.05, 3.63) is 0 Å². The molecular weight excluding hydrogens is 398 g/mol. The van der Waals surface area contributed by atoms with Crippen LogP contribution in [0.1, 0.15) is 0 Å². The second kappa shape index (κ2) is 15.8. The minimum absolute atomic E-state index is 0. The molecule has 0 spiro atoms. The van der Waals surface area contributed by atoms with Crippen LogP contribution in [0.15, 0.2) is 0 Å². The van der Waals surface area contributed by atoms with E-state index in [1.165, 1.54) is 0 Å². The van der Waals surface area contributed by atoms with E-state index in [2.05, 4.69) is 5.32 Å². The van der Waals surface area contributed by atoms with Crippen LogP contribution >= 0.6 is 0 Å². The molecule has 0 amide bonds. The number of aliphatic carboxylic acids is 3. The van der Waals surface area contributed by atoms with Gasteiger partial charge in [0, 0.05) is 72.0 Å². The first kappa shape index (κ1) is 28.0. The van der Waals surface area contributed by atoms with Crippen LogP contribution in [0.4, 0.5) is 0 Å². The fraction of sp³-hybridized carbons (Fsp3) is 0.786. The molecule has 143 valence electrons. The van der Waals surface area contributed by atoms with E-state index >= 15 is 0 Å². The van der Waals surface area contributed by atoms with Crippen molar-refractivity contribution in [3.63, 3.8) is 0 Å². The molecule has 1 fully saturated rings. The van der Waals surface area contributed by atoms with Crippen molar-refractivity contribution in [2.24, 2.45) is 0 Å². The number of hydrogen-bond acceptors (Lipinski definition) is 10. The molecular formula is C14H23MnN4NaO6. The summed E-state index contributed by atoms with van der Waals surface area (Å²) < 4.78 is 0. The minimum atomic E-state index is -1.23. The van der Waals surface area contributed by atoms with Gasteiger partial charge in [-0.15, -0.1) is 0 Å². The van der Waals surface area contributed by atoms with Crippen molar-refractivity contribution in [1.82, 2.24) is 20.0 Å². The van der Waals surface area contributed by atoms with E-state index in [1.54, 1.807) is 14.7 Å². The third kappa shape index (κ3) is 13.9. The number of hydrogen-bond donors (Lipinski definition) is 1. The van der Waals surface area contributed by atoms with Gasteiger partial charge in [-0.2, -0.15) is 0 Å². The van der Waals surface area contributed by atoms with Gasteiger partial charge in [0.25, 0.3) is 0 Å². The molecule has 0 saturated carbocycles. The fourth-order valence-corrected chi connectivity index (χ4v) is 2.52. The topological polar surface area (TPSA) is 142 Å². The Balaban J connectivity index is 0. The standard InChI is InChI=1S/C14H26N4O6.Mn.Na/c19-12(20)9-16-3-1-15-2-4-17(10-13(21)22)6-8-18(7-5-16)11-14(23)24;;/h15H,1-11H2,(H,19,20)(H,21,22)(H,23,24);;/q;+2;+1/p-3. The molecule has 1 heterocycles. The maximum absolute atomic E-state index is 10.9. The van der Waals surface area contributed by atoms with Crippen LogP contribution < -0.4 is 50.2 Å².